The molecule has 0 radical (unpaired) electrons. The third-order valence-electron chi connectivity index (χ3n) is 2.44. The first-order valence-electron chi connectivity index (χ1n) is 5.39. The highest BCUT2D eigenvalue weighted by Crippen LogP contribution is 2.32. The quantitative estimate of drug-likeness (QED) is 0.692. The smallest absolute Gasteiger partial charge is 0.141 e. The number of alkyl halides is 1. The minimum Gasteiger partial charge on any atom is -0.497 e. The van der Waals surface area contributed by atoms with Crippen molar-refractivity contribution in [3.8, 4) is 17.2 Å². The summed E-state index contributed by atoms with van der Waals surface area (Å²) in [7, 11) is 1.64. The van der Waals surface area contributed by atoms with Gasteiger partial charge in [-0.25, -0.2) is 0 Å². The van der Waals surface area contributed by atoms with Crippen molar-refractivity contribution in [1.29, 1.82) is 0 Å². The van der Waals surface area contributed by atoms with E-state index in [9.17, 15) is 0 Å². The first kappa shape index (κ1) is 13.4. The van der Waals surface area contributed by atoms with Crippen LogP contribution < -0.4 is 9.47 Å². The highest BCUT2D eigenvalue weighted by Gasteiger charge is 2.04. The van der Waals surface area contributed by atoms with Gasteiger partial charge in [-0.3, -0.25) is 0 Å². The molecule has 2 aromatic rings. The van der Waals surface area contributed by atoms with Crippen LogP contribution in [0.2, 0.25) is 0 Å². The normalized spacial score (nSPS) is 10.2. The van der Waals surface area contributed by atoms with Gasteiger partial charge in [-0.05, 0) is 51.8 Å². The molecule has 0 aliphatic carbocycles. The first-order chi connectivity index (χ1) is 8.72. The predicted octanol–water partition coefficient (Wildman–Crippen LogP) is 5.14. The minimum atomic E-state index is 0.766. The van der Waals surface area contributed by atoms with Crippen molar-refractivity contribution in [2.75, 3.05) is 7.11 Å². The molecule has 2 nitrogen and oxygen atoms in total. The number of rotatable bonds is 4. The van der Waals surface area contributed by atoms with Gasteiger partial charge in [-0.2, -0.15) is 0 Å². The van der Waals surface area contributed by atoms with Crippen LogP contribution in [0.25, 0.3) is 0 Å². The molecule has 0 unspecified atom stereocenters. The van der Waals surface area contributed by atoms with E-state index in [1.165, 1.54) is 5.56 Å². The van der Waals surface area contributed by atoms with E-state index in [2.05, 4.69) is 31.9 Å². The van der Waals surface area contributed by atoms with E-state index in [1.54, 1.807) is 7.11 Å². The van der Waals surface area contributed by atoms with Gasteiger partial charge in [0.05, 0.1) is 11.6 Å². The topological polar surface area (TPSA) is 18.5 Å². The summed E-state index contributed by atoms with van der Waals surface area (Å²) in [4.78, 5) is 0. The van der Waals surface area contributed by atoms with Crippen LogP contribution in [0.3, 0.4) is 0 Å². The van der Waals surface area contributed by atoms with Crippen molar-refractivity contribution < 1.29 is 9.47 Å². The molecule has 0 atom stereocenters. The van der Waals surface area contributed by atoms with E-state index in [-0.39, 0.29) is 0 Å². The number of benzene rings is 2. The summed E-state index contributed by atoms with van der Waals surface area (Å²) < 4.78 is 11.8. The number of hydrogen-bond acceptors (Lipinski definition) is 2. The zero-order chi connectivity index (χ0) is 13.0. The van der Waals surface area contributed by atoms with Crippen molar-refractivity contribution in [3.63, 3.8) is 0 Å². The Balaban J connectivity index is 2.17. The van der Waals surface area contributed by atoms with E-state index >= 15 is 0 Å². The Morgan fingerprint density at radius 1 is 1.00 bits per heavy atom. The summed E-state index contributed by atoms with van der Waals surface area (Å²) in [6, 6.07) is 13.6. The fraction of sp³-hybridized carbons (Fsp3) is 0.143. The summed E-state index contributed by atoms with van der Waals surface area (Å²) in [5, 5.41) is 0.847. The summed E-state index contributed by atoms with van der Waals surface area (Å²) in [5.41, 5.74) is 1.22. The number of methoxy groups -OCH3 is 1. The van der Waals surface area contributed by atoms with E-state index < -0.39 is 0 Å². The first-order valence-corrected chi connectivity index (χ1v) is 7.30. The predicted molar refractivity (Wildman–Crippen MR) is 79.8 cm³/mol. The van der Waals surface area contributed by atoms with E-state index in [4.69, 9.17) is 9.47 Å². The molecule has 0 aliphatic heterocycles. The fourth-order valence-corrected chi connectivity index (χ4v) is 2.28. The van der Waals surface area contributed by atoms with Gasteiger partial charge < -0.3 is 9.47 Å². The van der Waals surface area contributed by atoms with Gasteiger partial charge in [0.15, 0.2) is 0 Å². The molecule has 2 aromatic carbocycles. The standard InChI is InChI=1S/C14H12Br2O2/c1-17-12-6-7-14(13(16)8-12)18-11-4-2-10(9-15)3-5-11/h2-8H,9H2,1H3. The Morgan fingerprint density at radius 3 is 2.22 bits per heavy atom. The molecule has 0 bridgehead atoms. The third kappa shape index (κ3) is 3.27. The number of halogens is 2. The average Bonchev–Trinajstić information content (AvgIpc) is 2.42. The molecule has 4 heteroatoms. The van der Waals surface area contributed by atoms with Crippen molar-refractivity contribution in [2.45, 2.75) is 5.33 Å². The molecule has 0 N–H and O–H groups in total. The molecule has 0 heterocycles. The van der Waals surface area contributed by atoms with E-state index in [1.807, 2.05) is 42.5 Å². The van der Waals surface area contributed by atoms with Gasteiger partial charge in [0.1, 0.15) is 17.2 Å². The average molecular weight is 372 g/mol. The van der Waals surface area contributed by atoms with E-state index in [0.717, 1.165) is 27.1 Å². The van der Waals surface area contributed by atoms with Crippen LogP contribution >= 0.6 is 31.9 Å². The Bertz CT molecular complexity index is 524. The van der Waals surface area contributed by atoms with Gasteiger partial charge in [0.2, 0.25) is 0 Å². The molecule has 0 aliphatic rings. The second kappa shape index (κ2) is 6.25. The van der Waals surface area contributed by atoms with Crippen LogP contribution in [0, 0.1) is 0 Å². The maximum atomic E-state index is 5.79. The van der Waals surface area contributed by atoms with Crippen LogP contribution in [0.1, 0.15) is 5.56 Å². The van der Waals surface area contributed by atoms with Gasteiger partial charge in [0.25, 0.3) is 0 Å². The van der Waals surface area contributed by atoms with Crippen LogP contribution in [-0.2, 0) is 5.33 Å². The van der Waals surface area contributed by atoms with Crippen LogP contribution in [0.5, 0.6) is 17.2 Å². The van der Waals surface area contributed by atoms with Crippen molar-refractivity contribution in [3.05, 3.63) is 52.5 Å². The molecule has 0 saturated heterocycles. The molecule has 0 amide bonds. The second-order valence-corrected chi connectivity index (χ2v) is 5.09. The van der Waals surface area contributed by atoms with Gasteiger partial charge in [0, 0.05) is 5.33 Å². The van der Waals surface area contributed by atoms with Crippen LogP contribution in [0.15, 0.2) is 46.9 Å². The van der Waals surface area contributed by atoms with Crippen LogP contribution in [0.4, 0.5) is 0 Å². The second-order valence-electron chi connectivity index (χ2n) is 3.68. The molecule has 18 heavy (non-hydrogen) atoms. The lowest BCUT2D eigenvalue weighted by atomic mass is 10.2. The number of hydrogen-bond donors (Lipinski definition) is 0. The zero-order valence-corrected chi connectivity index (χ0v) is 13.0. The fourth-order valence-electron chi connectivity index (χ4n) is 1.46. The third-order valence-corrected chi connectivity index (χ3v) is 3.71. The van der Waals surface area contributed by atoms with E-state index in [0.29, 0.717) is 0 Å². The molecule has 0 fully saturated rings. The summed E-state index contributed by atoms with van der Waals surface area (Å²) in [5.74, 6) is 2.37. The van der Waals surface area contributed by atoms with Gasteiger partial charge in [-0.15, -0.1) is 0 Å². The number of ether oxygens (including phenoxy) is 2. The zero-order valence-electron chi connectivity index (χ0n) is 9.82. The van der Waals surface area contributed by atoms with Crippen LogP contribution in [-0.4, -0.2) is 7.11 Å². The Kier molecular flexibility index (Phi) is 4.66. The van der Waals surface area contributed by atoms with Crippen molar-refractivity contribution >= 4 is 31.9 Å². The lowest BCUT2D eigenvalue weighted by Gasteiger charge is -2.09. The molecular weight excluding hydrogens is 360 g/mol. The molecule has 94 valence electrons. The van der Waals surface area contributed by atoms with Crippen molar-refractivity contribution in [1.82, 2.24) is 0 Å². The Labute approximate surface area is 123 Å². The Hall–Kier alpha value is -1.000. The minimum absolute atomic E-state index is 0.766. The molecule has 0 saturated carbocycles. The molecular formula is C14H12Br2O2. The van der Waals surface area contributed by atoms with Gasteiger partial charge in [-0.1, -0.05) is 28.1 Å². The Morgan fingerprint density at radius 2 is 1.67 bits per heavy atom. The highest BCUT2D eigenvalue weighted by molar-refractivity contribution is 9.10. The monoisotopic (exact) mass is 370 g/mol. The summed E-state index contributed by atoms with van der Waals surface area (Å²) in [6.45, 7) is 0. The SMILES string of the molecule is COc1ccc(Oc2ccc(CBr)cc2)c(Br)c1. The summed E-state index contributed by atoms with van der Waals surface area (Å²) >= 11 is 6.88. The molecule has 0 spiro atoms. The maximum Gasteiger partial charge on any atom is 0.141 e. The summed E-state index contributed by atoms with van der Waals surface area (Å²) in [6.07, 6.45) is 0. The lowest BCUT2D eigenvalue weighted by molar-refractivity contribution is 0.412. The highest BCUT2D eigenvalue weighted by atomic mass is 79.9. The lowest BCUT2D eigenvalue weighted by Crippen LogP contribution is -1.88. The maximum absolute atomic E-state index is 5.79. The molecule has 2 rings (SSSR count). The van der Waals surface area contributed by atoms with Gasteiger partial charge >= 0.3 is 0 Å². The van der Waals surface area contributed by atoms with Crippen molar-refractivity contribution in [2.24, 2.45) is 0 Å². The largest absolute Gasteiger partial charge is 0.497 e. The molecule has 0 aromatic heterocycles.